The third kappa shape index (κ3) is 1.68. The Balaban J connectivity index is 3.50. The SMILES string of the molecule is Cc1cnc(F)c(C(N)=O)c1C(F)F. The molecule has 0 fully saturated rings. The minimum Gasteiger partial charge on any atom is -0.365 e. The van der Waals surface area contributed by atoms with Crippen molar-refractivity contribution in [1.82, 2.24) is 4.98 Å². The van der Waals surface area contributed by atoms with E-state index in [0.29, 0.717) is 0 Å². The van der Waals surface area contributed by atoms with Gasteiger partial charge in [0.2, 0.25) is 5.95 Å². The molecule has 76 valence electrons. The van der Waals surface area contributed by atoms with Gasteiger partial charge in [0.15, 0.2) is 0 Å². The maximum absolute atomic E-state index is 12.9. The summed E-state index contributed by atoms with van der Waals surface area (Å²) < 4.78 is 37.7. The van der Waals surface area contributed by atoms with Crippen molar-refractivity contribution < 1.29 is 18.0 Å². The predicted octanol–water partition coefficient (Wildman–Crippen LogP) is 1.57. The minimum atomic E-state index is -2.95. The van der Waals surface area contributed by atoms with Crippen molar-refractivity contribution in [1.29, 1.82) is 0 Å². The summed E-state index contributed by atoms with van der Waals surface area (Å²) in [6.45, 7) is 1.31. The van der Waals surface area contributed by atoms with Crippen LogP contribution in [0, 0.1) is 12.9 Å². The van der Waals surface area contributed by atoms with Gasteiger partial charge in [0.05, 0.1) is 0 Å². The molecule has 0 unspecified atom stereocenters. The molecule has 0 aliphatic heterocycles. The number of pyridine rings is 1. The normalized spacial score (nSPS) is 10.6. The second-order valence-corrected chi connectivity index (χ2v) is 2.69. The fourth-order valence-electron chi connectivity index (χ4n) is 1.11. The fraction of sp³-hybridized carbons (Fsp3) is 0.250. The van der Waals surface area contributed by atoms with Gasteiger partial charge in [-0.2, -0.15) is 4.39 Å². The number of rotatable bonds is 2. The molecule has 0 saturated carbocycles. The van der Waals surface area contributed by atoms with Crippen LogP contribution >= 0.6 is 0 Å². The molecule has 6 heteroatoms. The zero-order valence-electron chi connectivity index (χ0n) is 7.22. The van der Waals surface area contributed by atoms with Gasteiger partial charge in [-0.1, -0.05) is 0 Å². The van der Waals surface area contributed by atoms with E-state index in [2.05, 4.69) is 4.98 Å². The molecule has 2 N–H and O–H groups in total. The third-order valence-corrected chi connectivity index (χ3v) is 1.74. The van der Waals surface area contributed by atoms with Gasteiger partial charge in [0.1, 0.15) is 5.56 Å². The molecule has 0 radical (unpaired) electrons. The van der Waals surface area contributed by atoms with Crippen molar-refractivity contribution in [2.45, 2.75) is 13.3 Å². The summed E-state index contributed by atoms with van der Waals surface area (Å²) >= 11 is 0. The Labute approximate surface area is 77.7 Å². The highest BCUT2D eigenvalue weighted by Crippen LogP contribution is 2.26. The number of hydrogen-bond acceptors (Lipinski definition) is 2. The number of hydrogen-bond donors (Lipinski definition) is 1. The average Bonchev–Trinajstić information content (AvgIpc) is 2.07. The van der Waals surface area contributed by atoms with E-state index in [0.717, 1.165) is 6.20 Å². The topological polar surface area (TPSA) is 56.0 Å². The first-order chi connectivity index (χ1) is 6.45. The molecule has 0 aliphatic rings. The highest BCUT2D eigenvalue weighted by atomic mass is 19.3. The first kappa shape index (κ1) is 10.5. The van der Waals surface area contributed by atoms with Crippen molar-refractivity contribution in [2.75, 3.05) is 0 Å². The summed E-state index contributed by atoms with van der Waals surface area (Å²) in [6, 6.07) is 0. The first-order valence-corrected chi connectivity index (χ1v) is 3.68. The zero-order valence-corrected chi connectivity index (χ0v) is 7.22. The Bertz CT molecular complexity index is 379. The summed E-state index contributed by atoms with van der Waals surface area (Å²) in [5, 5.41) is 0. The maximum Gasteiger partial charge on any atom is 0.265 e. The largest absolute Gasteiger partial charge is 0.365 e. The van der Waals surface area contributed by atoms with Crippen LogP contribution in [0.15, 0.2) is 6.20 Å². The molecule has 1 rings (SSSR count). The maximum atomic E-state index is 12.9. The van der Waals surface area contributed by atoms with Crippen LogP contribution in [0.2, 0.25) is 0 Å². The van der Waals surface area contributed by atoms with Crippen molar-refractivity contribution in [3.05, 3.63) is 28.8 Å². The first-order valence-electron chi connectivity index (χ1n) is 3.68. The Morgan fingerprint density at radius 1 is 1.57 bits per heavy atom. The van der Waals surface area contributed by atoms with E-state index >= 15 is 0 Å². The van der Waals surface area contributed by atoms with Crippen molar-refractivity contribution in [2.24, 2.45) is 5.73 Å². The summed E-state index contributed by atoms with van der Waals surface area (Å²) in [7, 11) is 0. The molecular weight excluding hydrogens is 197 g/mol. The summed E-state index contributed by atoms with van der Waals surface area (Å²) in [4.78, 5) is 13.9. The van der Waals surface area contributed by atoms with Crippen molar-refractivity contribution in [3.8, 4) is 0 Å². The van der Waals surface area contributed by atoms with Gasteiger partial charge in [-0.3, -0.25) is 4.79 Å². The van der Waals surface area contributed by atoms with Crippen LogP contribution in [0.4, 0.5) is 13.2 Å². The van der Waals surface area contributed by atoms with Gasteiger partial charge in [0.25, 0.3) is 12.3 Å². The molecule has 0 bridgehead atoms. The van der Waals surface area contributed by atoms with E-state index in [1.807, 2.05) is 0 Å². The van der Waals surface area contributed by atoms with E-state index in [1.54, 1.807) is 0 Å². The smallest absolute Gasteiger partial charge is 0.265 e. The standard InChI is InChI=1S/C8H7F3N2O/c1-3-2-13-7(11)5(8(12)14)4(3)6(9)10/h2,6H,1H3,(H2,12,14). The number of nitrogens with zero attached hydrogens (tertiary/aromatic N) is 1. The molecule has 0 spiro atoms. The van der Waals surface area contributed by atoms with Crippen LogP contribution < -0.4 is 5.73 Å². The van der Waals surface area contributed by atoms with Crippen LogP contribution in [0.5, 0.6) is 0 Å². The number of amides is 1. The molecule has 0 saturated heterocycles. The molecule has 1 aromatic heterocycles. The van der Waals surface area contributed by atoms with Gasteiger partial charge < -0.3 is 5.73 Å². The number of aromatic nitrogens is 1. The number of primary amides is 1. The lowest BCUT2D eigenvalue weighted by Crippen LogP contribution is -2.18. The van der Waals surface area contributed by atoms with E-state index < -0.39 is 29.4 Å². The second kappa shape index (κ2) is 3.65. The van der Waals surface area contributed by atoms with Crippen LogP contribution in [-0.2, 0) is 0 Å². The Hall–Kier alpha value is -1.59. The molecule has 1 heterocycles. The number of carbonyl (C=O) groups is 1. The van der Waals surface area contributed by atoms with E-state index in [1.165, 1.54) is 6.92 Å². The van der Waals surface area contributed by atoms with Crippen LogP contribution in [0.25, 0.3) is 0 Å². The summed E-state index contributed by atoms with van der Waals surface area (Å²) in [6.07, 6.45) is -2.02. The lowest BCUT2D eigenvalue weighted by molar-refractivity contribution is 0.0979. The van der Waals surface area contributed by atoms with Gasteiger partial charge >= 0.3 is 0 Å². The number of aryl methyl sites for hydroxylation is 1. The lowest BCUT2D eigenvalue weighted by Gasteiger charge is -2.08. The monoisotopic (exact) mass is 204 g/mol. The number of alkyl halides is 2. The second-order valence-electron chi connectivity index (χ2n) is 2.69. The molecule has 0 atom stereocenters. The lowest BCUT2D eigenvalue weighted by atomic mass is 10.1. The predicted molar refractivity (Wildman–Crippen MR) is 42.4 cm³/mol. The Kier molecular flexibility index (Phi) is 2.73. The average molecular weight is 204 g/mol. The highest BCUT2D eigenvalue weighted by Gasteiger charge is 2.23. The summed E-state index contributed by atoms with van der Waals surface area (Å²) in [5.74, 6) is -2.51. The molecule has 0 aliphatic carbocycles. The molecule has 1 aromatic rings. The van der Waals surface area contributed by atoms with E-state index in [9.17, 15) is 18.0 Å². The van der Waals surface area contributed by atoms with Gasteiger partial charge in [-0.15, -0.1) is 0 Å². The quantitative estimate of drug-likeness (QED) is 0.743. The van der Waals surface area contributed by atoms with Crippen LogP contribution in [-0.4, -0.2) is 10.9 Å². The molecular formula is C8H7F3N2O. The number of halogens is 3. The Morgan fingerprint density at radius 3 is 2.50 bits per heavy atom. The van der Waals surface area contributed by atoms with E-state index in [4.69, 9.17) is 5.73 Å². The minimum absolute atomic E-state index is 0.0372. The molecule has 3 nitrogen and oxygen atoms in total. The van der Waals surface area contributed by atoms with Crippen LogP contribution in [0.3, 0.4) is 0 Å². The van der Waals surface area contributed by atoms with Crippen molar-refractivity contribution >= 4 is 5.91 Å². The van der Waals surface area contributed by atoms with Crippen molar-refractivity contribution in [3.63, 3.8) is 0 Å². The van der Waals surface area contributed by atoms with Gasteiger partial charge in [-0.25, -0.2) is 13.8 Å². The third-order valence-electron chi connectivity index (χ3n) is 1.74. The Morgan fingerprint density at radius 2 is 2.14 bits per heavy atom. The molecule has 0 aromatic carbocycles. The molecule has 14 heavy (non-hydrogen) atoms. The highest BCUT2D eigenvalue weighted by molar-refractivity contribution is 5.94. The van der Waals surface area contributed by atoms with Gasteiger partial charge in [-0.05, 0) is 12.5 Å². The molecule has 1 amide bonds. The fourth-order valence-corrected chi connectivity index (χ4v) is 1.11. The van der Waals surface area contributed by atoms with Gasteiger partial charge in [0, 0.05) is 11.8 Å². The van der Waals surface area contributed by atoms with Crippen LogP contribution in [0.1, 0.15) is 27.9 Å². The number of nitrogens with two attached hydrogens (primary N) is 1. The number of carbonyl (C=O) groups excluding carboxylic acids is 1. The van der Waals surface area contributed by atoms with E-state index in [-0.39, 0.29) is 5.56 Å². The zero-order chi connectivity index (χ0) is 10.9. The summed E-state index contributed by atoms with van der Waals surface area (Å²) in [5.41, 5.74) is 3.28.